The molecule has 6 heteroatoms. The van der Waals surface area contributed by atoms with Crippen molar-refractivity contribution in [2.24, 2.45) is 11.8 Å². The molecule has 0 bridgehead atoms. The predicted molar refractivity (Wildman–Crippen MR) is 41.3 cm³/mol. The molecule has 0 aliphatic heterocycles. The number of rotatable bonds is 2. The quantitative estimate of drug-likeness (QED) is 0.705. The number of hydrogen-bond donors (Lipinski definition) is 2. The summed E-state index contributed by atoms with van der Waals surface area (Å²) in [7, 11) is 0. The summed E-state index contributed by atoms with van der Waals surface area (Å²) in [4.78, 5) is 19.5. The van der Waals surface area contributed by atoms with E-state index in [4.69, 9.17) is 10.2 Å². The number of halogens is 2. The summed E-state index contributed by atoms with van der Waals surface area (Å²) < 4.78 is 23.3. The molecule has 4 nitrogen and oxygen atoms in total. The standard InChI is InChI=1S/2C4H5FO2/c2*5-3-1-2(3)4(6)7/h2*2-3H,1H2,(H,6,7). The Kier molecular flexibility index (Phi) is 3.03. The van der Waals surface area contributed by atoms with E-state index in [1.165, 1.54) is 0 Å². The van der Waals surface area contributed by atoms with Crippen LogP contribution in [0.5, 0.6) is 0 Å². The maximum atomic E-state index is 11.6. The zero-order valence-corrected chi connectivity index (χ0v) is 7.19. The van der Waals surface area contributed by atoms with E-state index in [1.807, 2.05) is 0 Å². The molecule has 0 spiro atoms. The number of alkyl halides is 2. The van der Waals surface area contributed by atoms with Gasteiger partial charge < -0.3 is 10.2 Å². The van der Waals surface area contributed by atoms with Crippen molar-refractivity contribution in [2.75, 3.05) is 0 Å². The fourth-order valence-corrected chi connectivity index (χ4v) is 0.839. The van der Waals surface area contributed by atoms with Crippen LogP contribution in [0.15, 0.2) is 0 Å². The van der Waals surface area contributed by atoms with Gasteiger partial charge in [-0.2, -0.15) is 0 Å². The molecule has 0 heterocycles. The maximum absolute atomic E-state index is 11.6. The molecule has 0 aromatic carbocycles. The van der Waals surface area contributed by atoms with Crippen LogP contribution in [-0.4, -0.2) is 34.5 Å². The summed E-state index contributed by atoms with van der Waals surface area (Å²) in [6.07, 6.45) is -1.68. The molecule has 80 valence electrons. The van der Waals surface area contributed by atoms with Gasteiger partial charge in [0, 0.05) is 0 Å². The molecular formula is C8H10F2O4. The highest BCUT2D eigenvalue weighted by atomic mass is 19.1. The molecule has 2 aliphatic carbocycles. The second-order valence-electron chi connectivity index (χ2n) is 3.39. The normalized spacial score (nSPS) is 37.9. The lowest BCUT2D eigenvalue weighted by molar-refractivity contribution is -0.139. The third-order valence-corrected chi connectivity index (χ3v) is 2.06. The summed E-state index contributed by atoms with van der Waals surface area (Å²) in [6, 6.07) is 0. The molecule has 2 rings (SSSR count). The Morgan fingerprint density at radius 3 is 1.14 bits per heavy atom. The summed E-state index contributed by atoms with van der Waals surface area (Å²) in [5.74, 6) is -3.38. The first-order valence-corrected chi connectivity index (χ1v) is 4.17. The van der Waals surface area contributed by atoms with Crippen molar-refractivity contribution in [3.63, 3.8) is 0 Å². The van der Waals surface area contributed by atoms with E-state index in [0.717, 1.165) is 0 Å². The lowest BCUT2D eigenvalue weighted by atomic mass is 10.4. The fraction of sp³-hybridized carbons (Fsp3) is 0.750. The van der Waals surface area contributed by atoms with E-state index in [9.17, 15) is 18.4 Å². The molecule has 4 unspecified atom stereocenters. The first kappa shape index (κ1) is 10.9. The largest absolute Gasteiger partial charge is 0.481 e. The minimum Gasteiger partial charge on any atom is -0.481 e. The lowest BCUT2D eigenvalue weighted by Crippen LogP contribution is -1.98. The fourth-order valence-electron chi connectivity index (χ4n) is 0.839. The molecule has 2 saturated carbocycles. The van der Waals surface area contributed by atoms with Crippen LogP contribution in [0.3, 0.4) is 0 Å². The molecule has 2 fully saturated rings. The van der Waals surface area contributed by atoms with Crippen LogP contribution < -0.4 is 0 Å². The number of carboxylic acid groups (broad SMARTS) is 2. The Hall–Kier alpha value is -1.20. The van der Waals surface area contributed by atoms with E-state index in [0.29, 0.717) is 0 Å². The van der Waals surface area contributed by atoms with Gasteiger partial charge >= 0.3 is 11.9 Å². The average Bonchev–Trinajstić information content (AvgIpc) is 2.90. The first-order chi connectivity index (χ1) is 6.43. The number of aliphatic carboxylic acids is 2. The van der Waals surface area contributed by atoms with E-state index in [2.05, 4.69) is 0 Å². The summed E-state index contributed by atoms with van der Waals surface area (Å²) in [5, 5.41) is 16.0. The second kappa shape index (κ2) is 3.89. The van der Waals surface area contributed by atoms with Crippen molar-refractivity contribution in [2.45, 2.75) is 25.2 Å². The van der Waals surface area contributed by atoms with Crippen LogP contribution in [0, 0.1) is 11.8 Å². The Bertz CT molecular complexity index is 230. The van der Waals surface area contributed by atoms with Crippen molar-refractivity contribution in [1.82, 2.24) is 0 Å². The third kappa shape index (κ3) is 2.93. The van der Waals surface area contributed by atoms with Crippen LogP contribution in [-0.2, 0) is 9.59 Å². The predicted octanol–water partition coefficient (Wildman–Crippen LogP) is 0.858. The van der Waals surface area contributed by atoms with Gasteiger partial charge in [0.2, 0.25) is 0 Å². The van der Waals surface area contributed by atoms with E-state index in [1.54, 1.807) is 0 Å². The number of carboxylic acids is 2. The zero-order valence-electron chi connectivity index (χ0n) is 7.19. The van der Waals surface area contributed by atoms with E-state index in [-0.39, 0.29) is 12.8 Å². The SMILES string of the molecule is O=C(O)C1CC1F.O=C(O)C1CC1F. The van der Waals surface area contributed by atoms with Gasteiger partial charge in [0.1, 0.15) is 12.3 Å². The molecule has 14 heavy (non-hydrogen) atoms. The third-order valence-electron chi connectivity index (χ3n) is 2.06. The van der Waals surface area contributed by atoms with Gasteiger partial charge in [0.25, 0.3) is 0 Å². The Morgan fingerprint density at radius 1 is 0.929 bits per heavy atom. The van der Waals surface area contributed by atoms with Gasteiger partial charge in [-0.1, -0.05) is 0 Å². The van der Waals surface area contributed by atoms with Crippen LogP contribution in [0.1, 0.15) is 12.8 Å². The van der Waals surface area contributed by atoms with Gasteiger partial charge in [-0.25, -0.2) is 8.78 Å². The highest BCUT2D eigenvalue weighted by molar-refractivity contribution is 5.74. The lowest BCUT2D eigenvalue weighted by Gasteiger charge is -1.77. The Morgan fingerprint density at radius 2 is 1.14 bits per heavy atom. The summed E-state index contributed by atoms with van der Waals surface area (Å²) >= 11 is 0. The van der Waals surface area contributed by atoms with Crippen molar-refractivity contribution in [3.05, 3.63) is 0 Å². The van der Waals surface area contributed by atoms with Crippen LogP contribution in [0.4, 0.5) is 8.78 Å². The number of hydrogen-bond acceptors (Lipinski definition) is 2. The summed E-state index contributed by atoms with van der Waals surface area (Å²) in [5.41, 5.74) is 0. The van der Waals surface area contributed by atoms with Crippen LogP contribution >= 0.6 is 0 Å². The van der Waals surface area contributed by atoms with Crippen molar-refractivity contribution in [3.8, 4) is 0 Å². The van der Waals surface area contributed by atoms with Gasteiger partial charge in [-0.15, -0.1) is 0 Å². The van der Waals surface area contributed by atoms with E-state index >= 15 is 0 Å². The molecule has 2 N–H and O–H groups in total. The minimum atomic E-state index is -1.06. The van der Waals surface area contributed by atoms with Gasteiger partial charge in [-0.3, -0.25) is 9.59 Å². The molecule has 0 saturated heterocycles. The minimum absolute atomic E-state index is 0.218. The average molecular weight is 208 g/mol. The van der Waals surface area contributed by atoms with Crippen molar-refractivity contribution in [1.29, 1.82) is 0 Å². The van der Waals surface area contributed by atoms with Crippen LogP contribution in [0.25, 0.3) is 0 Å². The second-order valence-corrected chi connectivity index (χ2v) is 3.39. The van der Waals surface area contributed by atoms with Gasteiger partial charge in [-0.05, 0) is 12.8 Å². The van der Waals surface area contributed by atoms with Crippen molar-refractivity contribution >= 4 is 11.9 Å². The topological polar surface area (TPSA) is 74.6 Å². The molecular weight excluding hydrogens is 198 g/mol. The van der Waals surface area contributed by atoms with Crippen LogP contribution in [0.2, 0.25) is 0 Å². The molecule has 4 atom stereocenters. The smallest absolute Gasteiger partial charge is 0.309 e. The summed E-state index contributed by atoms with van der Waals surface area (Å²) in [6.45, 7) is 0. The molecule has 0 aromatic heterocycles. The van der Waals surface area contributed by atoms with Gasteiger partial charge in [0.05, 0.1) is 11.8 Å². The molecule has 0 radical (unpaired) electrons. The highest BCUT2D eigenvalue weighted by Gasteiger charge is 2.44. The Labute approximate surface area is 78.5 Å². The molecule has 0 amide bonds. The van der Waals surface area contributed by atoms with E-state index < -0.39 is 36.1 Å². The monoisotopic (exact) mass is 208 g/mol. The maximum Gasteiger partial charge on any atom is 0.309 e. The Balaban J connectivity index is 0.000000140. The zero-order chi connectivity index (χ0) is 10.9. The number of carbonyl (C=O) groups is 2. The molecule has 2 aliphatic rings. The molecule has 0 aromatic rings. The van der Waals surface area contributed by atoms with Gasteiger partial charge in [0.15, 0.2) is 0 Å². The first-order valence-electron chi connectivity index (χ1n) is 4.17. The highest BCUT2D eigenvalue weighted by Crippen LogP contribution is 2.33. The van der Waals surface area contributed by atoms with Crippen molar-refractivity contribution < 1.29 is 28.6 Å².